The van der Waals surface area contributed by atoms with Crippen LogP contribution in [0.25, 0.3) is 0 Å². The maximum atomic E-state index is 11.7. The van der Waals surface area contributed by atoms with Gasteiger partial charge in [-0.3, -0.25) is 0 Å². The van der Waals surface area contributed by atoms with Crippen molar-refractivity contribution in [1.82, 2.24) is 0 Å². The van der Waals surface area contributed by atoms with Crippen molar-refractivity contribution in [1.29, 1.82) is 0 Å². The van der Waals surface area contributed by atoms with Gasteiger partial charge in [0, 0.05) is 13.5 Å². The number of hydrogen-bond donors (Lipinski definition) is 0. The summed E-state index contributed by atoms with van der Waals surface area (Å²) in [5.74, 6) is 0.578. The van der Waals surface area contributed by atoms with E-state index in [0.29, 0.717) is 5.75 Å². The molecule has 0 N–H and O–H groups in total. The van der Waals surface area contributed by atoms with E-state index < -0.39 is 11.4 Å². The van der Waals surface area contributed by atoms with Crippen LogP contribution in [0.15, 0.2) is 27.1 Å². The molecule has 0 bridgehead atoms. The van der Waals surface area contributed by atoms with Crippen LogP contribution in [0.2, 0.25) is 0 Å². The van der Waals surface area contributed by atoms with Crippen molar-refractivity contribution in [3.63, 3.8) is 0 Å². The Morgan fingerprint density at radius 3 is 2.59 bits per heavy atom. The molecule has 0 amide bonds. The lowest BCUT2D eigenvalue weighted by Crippen LogP contribution is -2.19. The minimum absolute atomic E-state index is 0.0356. The second-order valence-electron chi connectivity index (χ2n) is 4.96. The zero-order valence-corrected chi connectivity index (χ0v) is 14.6. The molecule has 0 radical (unpaired) electrons. The largest absolute Gasteiger partial charge is 0.591 e. The standard InChI is InChI=1S/C12H15BrINOS/c1-12(2,3)8-17(16)15-7-9-4-10(13)6-11(14)5-9/h4-7H,8H2,1-3H3. The summed E-state index contributed by atoms with van der Waals surface area (Å²) in [5.41, 5.74) is 1.000. The van der Waals surface area contributed by atoms with E-state index in [1.165, 1.54) is 0 Å². The Bertz CT molecular complexity index is 397. The van der Waals surface area contributed by atoms with Crippen LogP contribution >= 0.6 is 38.5 Å². The van der Waals surface area contributed by atoms with Gasteiger partial charge < -0.3 is 4.55 Å². The molecule has 1 unspecified atom stereocenters. The first-order chi connectivity index (χ1) is 7.76. The second-order valence-corrected chi connectivity index (χ2v) is 8.27. The van der Waals surface area contributed by atoms with Gasteiger partial charge in [-0.2, -0.15) is 0 Å². The maximum Gasteiger partial charge on any atom is 0.138 e. The lowest BCUT2D eigenvalue weighted by molar-refractivity contribution is 0.462. The molecule has 2 nitrogen and oxygen atoms in total. The van der Waals surface area contributed by atoms with Crippen molar-refractivity contribution < 1.29 is 4.55 Å². The van der Waals surface area contributed by atoms with E-state index in [4.69, 9.17) is 0 Å². The van der Waals surface area contributed by atoms with E-state index in [9.17, 15) is 4.55 Å². The van der Waals surface area contributed by atoms with Gasteiger partial charge in [-0.25, -0.2) is 0 Å². The lowest BCUT2D eigenvalue weighted by atomic mass is 10.0. The molecular formula is C12H15BrINOS. The van der Waals surface area contributed by atoms with Crippen LogP contribution in [-0.2, 0) is 11.4 Å². The van der Waals surface area contributed by atoms with Crippen molar-refractivity contribution in [3.8, 4) is 0 Å². The molecule has 0 spiro atoms. The Morgan fingerprint density at radius 2 is 2.06 bits per heavy atom. The molecule has 17 heavy (non-hydrogen) atoms. The highest BCUT2D eigenvalue weighted by Crippen LogP contribution is 2.18. The van der Waals surface area contributed by atoms with Gasteiger partial charge in [0.2, 0.25) is 0 Å². The zero-order chi connectivity index (χ0) is 13.1. The molecule has 0 heterocycles. The van der Waals surface area contributed by atoms with Crippen LogP contribution in [0.4, 0.5) is 0 Å². The quantitative estimate of drug-likeness (QED) is 0.404. The van der Waals surface area contributed by atoms with E-state index >= 15 is 0 Å². The molecule has 94 valence electrons. The van der Waals surface area contributed by atoms with E-state index in [-0.39, 0.29) is 5.41 Å². The molecule has 0 fully saturated rings. The monoisotopic (exact) mass is 427 g/mol. The first-order valence-corrected chi connectivity index (χ1v) is 8.30. The number of nitrogens with zero attached hydrogens (tertiary/aromatic N) is 1. The fraction of sp³-hybridized carbons (Fsp3) is 0.417. The van der Waals surface area contributed by atoms with E-state index in [1.54, 1.807) is 6.21 Å². The van der Waals surface area contributed by atoms with Crippen LogP contribution in [-0.4, -0.2) is 16.5 Å². The van der Waals surface area contributed by atoms with Crippen molar-refractivity contribution >= 4 is 56.1 Å². The van der Waals surface area contributed by atoms with E-state index in [0.717, 1.165) is 13.6 Å². The summed E-state index contributed by atoms with van der Waals surface area (Å²) in [6.07, 6.45) is 1.68. The minimum atomic E-state index is -1.15. The van der Waals surface area contributed by atoms with Gasteiger partial charge in [0.1, 0.15) is 5.75 Å². The third kappa shape index (κ3) is 6.79. The van der Waals surface area contributed by atoms with Gasteiger partial charge in [0.05, 0.1) is 17.6 Å². The summed E-state index contributed by atoms with van der Waals surface area (Å²) in [7, 11) is 0. The topological polar surface area (TPSA) is 35.4 Å². The van der Waals surface area contributed by atoms with Gasteiger partial charge >= 0.3 is 0 Å². The number of rotatable bonds is 3. The molecule has 1 rings (SSSR count). The van der Waals surface area contributed by atoms with Crippen LogP contribution in [0.3, 0.4) is 0 Å². The van der Waals surface area contributed by atoms with Crippen LogP contribution in [0, 0.1) is 8.99 Å². The minimum Gasteiger partial charge on any atom is -0.591 e. The fourth-order valence-electron chi connectivity index (χ4n) is 1.18. The lowest BCUT2D eigenvalue weighted by Gasteiger charge is -2.16. The highest BCUT2D eigenvalue weighted by atomic mass is 127. The normalized spacial score (nSPS) is 14.2. The number of hydrogen-bond acceptors (Lipinski definition) is 2. The Balaban J connectivity index is 2.70. The summed E-state index contributed by atoms with van der Waals surface area (Å²) in [6.45, 7) is 6.17. The second kappa shape index (κ2) is 6.54. The van der Waals surface area contributed by atoms with Crippen molar-refractivity contribution in [2.24, 2.45) is 9.81 Å². The summed E-state index contributed by atoms with van der Waals surface area (Å²) in [6, 6.07) is 5.98. The van der Waals surface area contributed by atoms with Crippen LogP contribution in [0.1, 0.15) is 26.3 Å². The van der Waals surface area contributed by atoms with E-state index in [2.05, 4.69) is 63.7 Å². The van der Waals surface area contributed by atoms with Gasteiger partial charge in [0.15, 0.2) is 0 Å². The summed E-state index contributed by atoms with van der Waals surface area (Å²) < 4.78 is 17.9. The summed E-state index contributed by atoms with van der Waals surface area (Å²) in [4.78, 5) is 0. The fourth-order valence-corrected chi connectivity index (χ4v) is 3.87. The van der Waals surface area contributed by atoms with Crippen LogP contribution in [0.5, 0.6) is 0 Å². The average Bonchev–Trinajstić information content (AvgIpc) is 2.10. The van der Waals surface area contributed by atoms with E-state index in [1.807, 2.05) is 18.2 Å². The molecular weight excluding hydrogens is 413 g/mol. The van der Waals surface area contributed by atoms with Gasteiger partial charge in [-0.1, -0.05) is 41.1 Å². The smallest absolute Gasteiger partial charge is 0.138 e. The zero-order valence-electron chi connectivity index (χ0n) is 10.0. The van der Waals surface area contributed by atoms with Gasteiger partial charge in [-0.15, -0.1) is 0 Å². The molecule has 0 saturated heterocycles. The molecule has 0 aromatic heterocycles. The third-order valence-corrected chi connectivity index (χ3v) is 4.29. The van der Waals surface area contributed by atoms with Crippen LogP contribution < -0.4 is 0 Å². The molecule has 0 aliphatic heterocycles. The predicted octanol–water partition coefficient (Wildman–Crippen LogP) is 4.18. The Morgan fingerprint density at radius 1 is 1.41 bits per heavy atom. The number of benzene rings is 1. The molecule has 0 aliphatic rings. The van der Waals surface area contributed by atoms with Gasteiger partial charge in [-0.05, 0) is 46.4 Å². The summed E-state index contributed by atoms with van der Waals surface area (Å²) >= 11 is 4.52. The molecule has 1 aromatic carbocycles. The average molecular weight is 428 g/mol. The highest BCUT2D eigenvalue weighted by molar-refractivity contribution is 14.1. The Kier molecular flexibility index (Phi) is 5.95. The molecule has 0 saturated carbocycles. The number of halogens is 2. The van der Waals surface area contributed by atoms with Gasteiger partial charge in [0.25, 0.3) is 0 Å². The molecule has 0 aliphatic carbocycles. The predicted molar refractivity (Wildman–Crippen MR) is 86.9 cm³/mol. The first-order valence-electron chi connectivity index (χ1n) is 5.15. The summed E-state index contributed by atoms with van der Waals surface area (Å²) in [5, 5.41) is 0. The first kappa shape index (κ1) is 15.5. The molecule has 1 aromatic rings. The Hall–Kier alpha value is 0.410. The van der Waals surface area contributed by atoms with Crippen molar-refractivity contribution in [3.05, 3.63) is 31.8 Å². The third-order valence-electron chi connectivity index (χ3n) is 1.76. The maximum absolute atomic E-state index is 11.7. The molecule has 1 atom stereocenters. The molecule has 5 heteroatoms. The SMILES string of the molecule is CC(C)(C)C[S+]([O-])N=Cc1cc(Br)cc(I)c1. The highest BCUT2D eigenvalue weighted by Gasteiger charge is 2.19. The van der Waals surface area contributed by atoms with Crippen molar-refractivity contribution in [2.75, 3.05) is 5.75 Å². The Labute approximate surface area is 128 Å². The van der Waals surface area contributed by atoms with Crippen molar-refractivity contribution in [2.45, 2.75) is 20.8 Å².